The van der Waals surface area contributed by atoms with Crippen LogP contribution < -0.4 is 10.9 Å². The molecular weight excluding hydrogens is 392 g/mol. The highest BCUT2D eigenvalue weighted by Crippen LogP contribution is 2.20. The van der Waals surface area contributed by atoms with Crippen LogP contribution in [-0.4, -0.2) is 48.4 Å². The number of hydrogen-bond donors (Lipinski definition) is 1. The molecule has 0 aliphatic carbocycles. The van der Waals surface area contributed by atoms with E-state index in [4.69, 9.17) is 9.68 Å². The van der Waals surface area contributed by atoms with Crippen LogP contribution >= 0.6 is 0 Å². The SMILES string of the molecule is Cc1ccc2c(CN3CCN(CC(=O)Nc4cccc(C#N)c4)CC3)cc(=O)oc2c1. The topological polar surface area (TPSA) is 89.6 Å². The van der Waals surface area contributed by atoms with Gasteiger partial charge >= 0.3 is 5.63 Å². The Morgan fingerprint density at radius 2 is 1.87 bits per heavy atom. The second-order valence-corrected chi connectivity index (χ2v) is 7.88. The van der Waals surface area contributed by atoms with Crippen LogP contribution in [0.1, 0.15) is 16.7 Å². The van der Waals surface area contributed by atoms with Crippen LogP contribution in [0.3, 0.4) is 0 Å². The van der Waals surface area contributed by atoms with Crippen molar-refractivity contribution in [1.29, 1.82) is 5.26 Å². The molecule has 1 fully saturated rings. The van der Waals surface area contributed by atoms with Crippen molar-refractivity contribution in [3.8, 4) is 6.07 Å². The number of nitriles is 1. The molecule has 4 rings (SSSR count). The molecule has 0 saturated carbocycles. The summed E-state index contributed by atoms with van der Waals surface area (Å²) in [5, 5.41) is 12.8. The van der Waals surface area contributed by atoms with E-state index < -0.39 is 0 Å². The van der Waals surface area contributed by atoms with Gasteiger partial charge in [-0.2, -0.15) is 5.26 Å². The second-order valence-electron chi connectivity index (χ2n) is 7.88. The van der Waals surface area contributed by atoms with E-state index in [1.807, 2.05) is 25.1 Å². The molecule has 0 bridgehead atoms. The molecule has 1 aliphatic rings. The minimum absolute atomic E-state index is 0.0921. The Balaban J connectivity index is 1.33. The number of benzene rings is 2. The van der Waals surface area contributed by atoms with Gasteiger partial charge in [-0.1, -0.05) is 18.2 Å². The minimum atomic E-state index is -0.330. The van der Waals surface area contributed by atoms with Gasteiger partial charge < -0.3 is 9.73 Å². The third-order valence-corrected chi connectivity index (χ3v) is 5.49. The molecule has 2 heterocycles. The molecule has 1 amide bonds. The number of amides is 1. The van der Waals surface area contributed by atoms with Gasteiger partial charge in [0.15, 0.2) is 0 Å². The van der Waals surface area contributed by atoms with Gasteiger partial charge in [-0.05, 0) is 42.3 Å². The number of carbonyl (C=O) groups excluding carboxylic acids is 1. The summed E-state index contributed by atoms with van der Waals surface area (Å²) < 4.78 is 5.35. The number of piperazine rings is 1. The maximum atomic E-state index is 12.4. The lowest BCUT2D eigenvalue weighted by Crippen LogP contribution is -2.48. The zero-order valence-electron chi connectivity index (χ0n) is 17.4. The summed E-state index contributed by atoms with van der Waals surface area (Å²) in [6.45, 7) is 6.11. The first-order valence-corrected chi connectivity index (χ1v) is 10.3. The normalized spacial score (nSPS) is 15.0. The Hall–Kier alpha value is -3.47. The Kier molecular flexibility index (Phi) is 6.12. The summed E-state index contributed by atoms with van der Waals surface area (Å²) in [5.74, 6) is -0.0921. The average Bonchev–Trinajstić information content (AvgIpc) is 2.74. The summed E-state index contributed by atoms with van der Waals surface area (Å²) >= 11 is 0. The monoisotopic (exact) mass is 416 g/mol. The fourth-order valence-electron chi connectivity index (χ4n) is 3.88. The second kappa shape index (κ2) is 9.13. The van der Waals surface area contributed by atoms with Crippen LogP contribution in [0, 0.1) is 18.3 Å². The lowest BCUT2D eigenvalue weighted by molar-refractivity contribution is -0.117. The van der Waals surface area contributed by atoms with Crippen molar-refractivity contribution >= 4 is 22.6 Å². The van der Waals surface area contributed by atoms with Gasteiger partial charge in [0.1, 0.15) is 5.58 Å². The minimum Gasteiger partial charge on any atom is -0.423 e. The number of rotatable bonds is 5. The average molecular weight is 416 g/mol. The highest BCUT2D eigenvalue weighted by molar-refractivity contribution is 5.92. The van der Waals surface area contributed by atoms with Gasteiger partial charge in [0.25, 0.3) is 0 Å². The molecule has 1 N–H and O–H groups in total. The molecule has 31 heavy (non-hydrogen) atoms. The fourth-order valence-corrected chi connectivity index (χ4v) is 3.88. The third kappa shape index (κ3) is 5.18. The highest BCUT2D eigenvalue weighted by atomic mass is 16.4. The molecule has 0 unspecified atom stereocenters. The number of aryl methyl sites for hydroxylation is 1. The molecule has 1 aliphatic heterocycles. The number of carbonyl (C=O) groups is 1. The van der Waals surface area contributed by atoms with Crippen molar-refractivity contribution in [3.05, 3.63) is 75.6 Å². The Labute approximate surface area is 180 Å². The van der Waals surface area contributed by atoms with Gasteiger partial charge in [-0.15, -0.1) is 0 Å². The maximum Gasteiger partial charge on any atom is 0.336 e. The van der Waals surface area contributed by atoms with Crippen LogP contribution in [0.4, 0.5) is 5.69 Å². The highest BCUT2D eigenvalue weighted by Gasteiger charge is 2.20. The first-order valence-electron chi connectivity index (χ1n) is 10.3. The van der Waals surface area contributed by atoms with E-state index in [2.05, 4.69) is 21.2 Å². The summed E-state index contributed by atoms with van der Waals surface area (Å²) in [6.07, 6.45) is 0. The molecule has 0 spiro atoms. The van der Waals surface area contributed by atoms with Crippen LogP contribution in [0.2, 0.25) is 0 Å². The number of nitrogens with zero attached hydrogens (tertiary/aromatic N) is 3. The van der Waals surface area contributed by atoms with E-state index in [9.17, 15) is 9.59 Å². The summed E-state index contributed by atoms with van der Waals surface area (Å²) in [6, 6.07) is 16.5. The van der Waals surface area contributed by atoms with Crippen molar-refractivity contribution in [1.82, 2.24) is 9.80 Å². The lowest BCUT2D eigenvalue weighted by Gasteiger charge is -2.34. The van der Waals surface area contributed by atoms with Crippen molar-refractivity contribution in [3.63, 3.8) is 0 Å². The Morgan fingerprint density at radius 1 is 1.10 bits per heavy atom. The maximum absolute atomic E-state index is 12.4. The van der Waals surface area contributed by atoms with Crippen molar-refractivity contribution < 1.29 is 9.21 Å². The van der Waals surface area contributed by atoms with Gasteiger partial charge in [-0.3, -0.25) is 14.6 Å². The number of hydrogen-bond acceptors (Lipinski definition) is 6. The zero-order valence-corrected chi connectivity index (χ0v) is 17.4. The fraction of sp³-hybridized carbons (Fsp3) is 0.292. The van der Waals surface area contributed by atoms with Gasteiger partial charge in [0, 0.05) is 49.9 Å². The summed E-state index contributed by atoms with van der Waals surface area (Å²) in [5.41, 5.74) is 3.47. The molecule has 0 atom stereocenters. The Bertz CT molecular complexity index is 1200. The van der Waals surface area contributed by atoms with Crippen LogP contribution in [0.5, 0.6) is 0 Å². The predicted molar refractivity (Wildman–Crippen MR) is 119 cm³/mol. The molecule has 7 heteroatoms. The Morgan fingerprint density at radius 3 is 2.65 bits per heavy atom. The molecule has 0 radical (unpaired) electrons. The first-order chi connectivity index (χ1) is 15.0. The molecule has 1 saturated heterocycles. The molecule has 3 aromatic rings. The van der Waals surface area contributed by atoms with Gasteiger partial charge in [-0.25, -0.2) is 4.79 Å². The number of nitrogens with one attached hydrogen (secondary N) is 1. The summed E-state index contributed by atoms with van der Waals surface area (Å²) in [7, 11) is 0. The smallest absolute Gasteiger partial charge is 0.336 e. The third-order valence-electron chi connectivity index (χ3n) is 5.49. The predicted octanol–water partition coefficient (Wildman–Crippen LogP) is 2.73. The van der Waals surface area contributed by atoms with E-state index >= 15 is 0 Å². The zero-order chi connectivity index (χ0) is 21.8. The first kappa shape index (κ1) is 20.8. The summed E-state index contributed by atoms with van der Waals surface area (Å²) in [4.78, 5) is 28.7. The van der Waals surface area contributed by atoms with Crippen molar-refractivity contribution in [2.75, 3.05) is 38.0 Å². The quantitative estimate of drug-likeness (QED) is 0.644. The van der Waals surface area contributed by atoms with Crippen LogP contribution in [0.15, 0.2) is 57.7 Å². The number of anilines is 1. The van der Waals surface area contributed by atoms with Gasteiger partial charge in [0.2, 0.25) is 5.91 Å². The van der Waals surface area contributed by atoms with E-state index in [0.29, 0.717) is 29.9 Å². The molecule has 2 aromatic carbocycles. The van der Waals surface area contributed by atoms with E-state index in [1.54, 1.807) is 30.3 Å². The van der Waals surface area contributed by atoms with Crippen LogP contribution in [0.25, 0.3) is 11.0 Å². The van der Waals surface area contributed by atoms with Gasteiger partial charge in [0.05, 0.1) is 18.2 Å². The van der Waals surface area contributed by atoms with E-state index in [1.165, 1.54) is 0 Å². The van der Waals surface area contributed by atoms with E-state index in [0.717, 1.165) is 42.7 Å². The molecule has 7 nitrogen and oxygen atoms in total. The van der Waals surface area contributed by atoms with Crippen LogP contribution in [-0.2, 0) is 11.3 Å². The molecule has 158 valence electrons. The number of fused-ring (bicyclic) bond motifs is 1. The van der Waals surface area contributed by atoms with E-state index in [-0.39, 0.29) is 11.5 Å². The standard InChI is InChI=1S/C24H24N4O3/c1-17-5-6-21-19(13-24(30)31-22(21)11-17)15-27-7-9-28(10-8-27)16-23(29)26-20-4-2-3-18(12-20)14-25/h2-6,11-13H,7-10,15-16H2,1H3,(H,26,29). The lowest BCUT2D eigenvalue weighted by atomic mass is 10.1. The molecule has 1 aromatic heterocycles. The van der Waals surface area contributed by atoms with Crippen molar-refractivity contribution in [2.24, 2.45) is 0 Å². The molecular formula is C24H24N4O3. The van der Waals surface area contributed by atoms with Crippen molar-refractivity contribution in [2.45, 2.75) is 13.5 Å². The largest absolute Gasteiger partial charge is 0.423 e.